The molecule has 1 aromatic carbocycles. The molecule has 2 rings (SSSR count). The van der Waals surface area contributed by atoms with E-state index >= 15 is 0 Å². The fourth-order valence-electron chi connectivity index (χ4n) is 2.67. The molecule has 1 unspecified atom stereocenters. The van der Waals surface area contributed by atoms with Crippen molar-refractivity contribution < 1.29 is 9.84 Å². The summed E-state index contributed by atoms with van der Waals surface area (Å²) in [6.45, 7) is 2.54. The first-order chi connectivity index (χ1) is 8.36. The standard InChI is InChI=1S/C14H21NO2/c1-17-11-9-15(8-10-16)14-7-6-12-4-2-3-5-13(12)14/h2-5,14,16H,6-11H2,1H3. The molecule has 0 fully saturated rings. The van der Waals surface area contributed by atoms with Gasteiger partial charge in [0.25, 0.3) is 0 Å². The minimum Gasteiger partial charge on any atom is -0.395 e. The fourth-order valence-corrected chi connectivity index (χ4v) is 2.67. The van der Waals surface area contributed by atoms with Crippen LogP contribution in [0.5, 0.6) is 0 Å². The third kappa shape index (κ3) is 2.86. The molecule has 1 N–H and O–H groups in total. The highest BCUT2D eigenvalue weighted by atomic mass is 16.5. The summed E-state index contributed by atoms with van der Waals surface area (Å²) < 4.78 is 5.14. The lowest BCUT2D eigenvalue weighted by Crippen LogP contribution is -2.33. The van der Waals surface area contributed by atoms with Gasteiger partial charge in [-0.3, -0.25) is 4.90 Å². The van der Waals surface area contributed by atoms with Gasteiger partial charge in [-0.05, 0) is 24.0 Å². The zero-order valence-electron chi connectivity index (χ0n) is 10.4. The summed E-state index contributed by atoms with van der Waals surface area (Å²) in [7, 11) is 1.72. The first-order valence-electron chi connectivity index (χ1n) is 6.28. The Kier molecular flexibility index (Phi) is 4.54. The van der Waals surface area contributed by atoms with Gasteiger partial charge < -0.3 is 9.84 Å². The number of hydrogen-bond donors (Lipinski definition) is 1. The van der Waals surface area contributed by atoms with Crippen molar-refractivity contribution >= 4 is 0 Å². The number of aliphatic hydroxyl groups is 1. The average Bonchev–Trinajstić information content (AvgIpc) is 2.78. The fraction of sp³-hybridized carbons (Fsp3) is 0.571. The van der Waals surface area contributed by atoms with Gasteiger partial charge in [-0.25, -0.2) is 0 Å². The molecule has 0 spiro atoms. The van der Waals surface area contributed by atoms with Crippen molar-refractivity contribution in [3.8, 4) is 0 Å². The molecule has 0 aliphatic heterocycles. The maximum atomic E-state index is 9.16. The number of benzene rings is 1. The number of ether oxygens (including phenoxy) is 1. The van der Waals surface area contributed by atoms with E-state index in [-0.39, 0.29) is 6.61 Å². The van der Waals surface area contributed by atoms with Crippen molar-refractivity contribution in [2.75, 3.05) is 33.4 Å². The Hall–Kier alpha value is -0.900. The van der Waals surface area contributed by atoms with Crippen LogP contribution in [0, 0.1) is 0 Å². The Morgan fingerprint density at radius 3 is 2.94 bits per heavy atom. The Morgan fingerprint density at radius 1 is 1.35 bits per heavy atom. The monoisotopic (exact) mass is 235 g/mol. The molecule has 0 saturated heterocycles. The summed E-state index contributed by atoms with van der Waals surface area (Å²) in [6.07, 6.45) is 2.30. The number of nitrogens with zero attached hydrogens (tertiary/aromatic N) is 1. The van der Waals surface area contributed by atoms with Gasteiger partial charge in [-0.15, -0.1) is 0 Å². The number of methoxy groups -OCH3 is 1. The Labute approximate surface area is 103 Å². The van der Waals surface area contributed by atoms with Gasteiger partial charge in [0, 0.05) is 26.2 Å². The van der Waals surface area contributed by atoms with Crippen LogP contribution in [0.3, 0.4) is 0 Å². The van der Waals surface area contributed by atoms with Crippen LogP contribution in [0.25, 0.3) is 0 Å². The first-order valence-corrected chi connectivity index (χ1v) is 6.28. The molecule has 17 heavy (non-hydrogen) atoms. The second-order valence-electron chi connectivity index (χ2n) is 4.51. The summed E-state index contributed by atoms with van der Waals surface area (Å²) in [5.74, 6) is 0. The Balaban J connectivity index is 2.09. The molecular weight excluding hydrogens is 214 g/mol. The largest absolute Gasteiger partial charge is 0.395 e. The van der Waals surface area contributed by atoms with E-state index in [1.807, 2.05) is 0 Å². The van der Waals surface area contributed by atoms with Gasteiger partial charge in [-0.1, -0.05) is 24.3 Å². The molecule has 1 aliphatic carbocycles. The molecule has 0 radical (unpaired) electrons. The highest BCUT2D eigenvalue weighted by Crippen LogP contribution is 2.35. The number of hydrogen-bond acceptors (Lipinski definition) is 3. The molecule has 0 saturated carbocycles. The number of rotatable bonds is 6. The summed E-state index contributed by atoms with van der Waals surface area (Å²) in [5, 5.41) is 9.16. The minimum absolute atomic E-state index is 0.211. The van der Waals surface area contributed by atoms with E-state index in [0.717, 1.165) is 32.5 Å². The molecule has 1 aliphatic rings. The number of aryl methyl sites for hydroxylation is 1. The topological polar surface area (TPSA) is 32.7 Å². The van der Waals surface area contributed by atoms with E-state index in [0.29, 0.717) is 6.04 Å². The van der Waals surface area contributed by atoms with E-state index in [1.165, 1.54) is 11.1 Å². The van der Waals surface area contributed by atoms with Crippen LogP contribution in [0.2, 0.25) is 0 Å². The maximum absolute atomic E-state index is 9.16. The zero-order chi connectivity index (χ0) is 12.1. The SMILES string of the molecule is COCCN(CCO)C1CCc2ccccc21. The average molecular weight is 235 g/mol. The van der Waals surface area contributed by atoms with Crippen molar-refractivity contribution in [3.63, 3.8) is 0 Å². The molecule has 0 bridgehead atoms. The lowest BCUT2D eigenvalue weighted by atomic mass is 10.1. The Morgan fingerprint density at radius 2 is 2.18 bits per heavy atom. The van der Waals surface area contributed by atoms with E-state index in [9.17, 15) is 0 Å². The minimum atomic E-state index is 0.211. The highest BCUT2D eigenvalue weighted by molar-refractivity contribution is 5.34. The zero-order valence-corrected chi connectivity index (χ0v) is 10.4. The third-order valence-corrected chi connectivity index (χ3v) is 3.51. The summed E-state index contributed by atoms with van der Waals surface area (Å²) in [4.78, 5) is 2.33. The molecule has 0 heterocycles. The first kappa shape index (κ1) is 12.6. The van der Waals surface area contributed by atoms with Gasteiger partial charge in [0.05, 0.1) is 13.2 Å². The molecule has 0 amide bonds. The highest BCUT2D eigenvalue weighted by Gasteiger charge is 2.26. The van der Waals surface area contributed by atoms with Crippen molar-refractivity contribution in [2.24, 2.45) is 0 Å². The number of aliphatic hydroxyl groups excluding tert-OH is 1. The van der Waals surface area contributed by atoms with E-state index in [2.05, 4.69) is 29.2 Å². The molecule has 1 aromatic rings. The summed E-state index contributed by atoms with van der Waals surface area (Å²) >= 11 is 0. The van der Waals surface area contributed by atoms with Crippen LogP contribution in [0.4, 0.5) is 0 Å². The van der Waals surface area contributed by atoms with Crippen LogP contribution in [0.15, 0.2) is 24.3 Å². The molecular formula is C14H21NO2. The molecule has 94 valence electrons. The normalized spacial score (nSPS) is 18.6. The van der Waals surface area contributed by atoms with E-state index in [4.69, 9.17) is 9.84 Å². The maximum Gasteiger partial charge on any atom is 0.0589 e. The van der Waals surface area contributed by atoms with Crippen molar-refractivity contribution in [1.82, 2.24) is 4.90 Å². The van der Waals surface area contributed by atoms with Crippen LogP contribution >= 0.6 is 0 Å². The molecule has 0 aromatic heterocycles. The van der Waals surface area contributed by atoms with Gasteiger partial charge >= 0.3 is 0 Å². The quantitative estimate of drug-likeness (QED) is 0.813. The van der Waals surface area contributed by atoms with Gasteiger partial charge in [0.15, 0.2) is 0 Å². The number of fused-ring (bicyclic) bond motifs is 1. The predicted molar refractivity (Wildman–Crippen MR) is 68.0 cm³/mol. The predicted octanol–water partition coefficient (Wildman–Crippen LogP) is 1.61. The van der Waals surface area contributed by atoms with Gasteiger partial charge in [0.2, 0.25) is 0 Å². The lowest BCUT2D eigenvalue weighted by molar-refractivity contribution is 0.101. The van der Waals surface area contributed by atoms with E-state index in [1.54, 1.807) is 7.11 Å². The molecule has 3 heteroatoms. The van der Waals surface area contributed by atoms with Crippen LogP contribution in [0.1, 0.15) is 23.6 Å². The third-order valence-electron chi connectivity index (χ3n) is 3.51. The second kappa shape index (κ2) is 6.15. The van der Waals surface area contributed by atoms with Crippen molar-refractivity contribution in [3.05, 3.63) is 35.4 Å². The summed E-state index contributed by atoms with van der Waals surface area (Å²) in [5.41, 5.74) is 2.88. The van der Waals surface area contributed by atoms with Crippen LogP contribution < -0.4 is 0 Å². The van der Waals surface area contributed by atoms with Gasteiger partial charge in [0.1, 0.15) is 0 Å². The smallest absolute Gasteiger partial charge is 0.0589 e. The summed E-state index contributed by atoms with van der Waals surface area (Å²) in [6, 6.07) is 9.08. The van der Waals surface area contributed by atoms with Crippen molar-refractivity contribution in [1.29, 1.82) is 0 Å². The lowest BCUT2D eigenvalue weighted by Gasteiger charge is -2.28. The van der Waals surface area contributed by atoms with Gasteiger partial charge in [-0.2, -0.15) is 0 Å². The Bertz CT molecular complexity index is 354. The van der Waals surface area contributed by atoms with E-state index < -0.39 is 0 Å². The van der Waals surface area contributed by atoms with Crippen molar-refractivity contribution in [2.45, 2.75) is 18.9 Å². The molecule has 1 atom stereocenters. The molecule has 3 nitrogen and oxygen atoms in total. The second-order valence-corrected chi connectivity index (χ2v) is 4.51. The van der Waals surface area contributed by atoms with Crippen LogP contribution in [-0.4, -0.2) is 43.4 Å². The van der Waals surface area contributed by atoms with Crippen LogP contribution in [-0.2, 0) is 11.2 Å².